The van der Waals surface area contributed by atoms with E-state index in [2.05, 4.69) is 4.72 Å². The van der Waals surface area contributed by atoms with Crippen LogP contribution < -0.4 is 4.72 Å². The Morgan fingerprint density at radius 2 is 1.63 bits per heavy atom. The number of halogens is 5. The van der Waals surface area contributed by atoms with Gasteiger partial charge in [-0.2, -0.15) is 13.2 Å². The van der Waals surface area contributed by atoms with Crippen LogP contribution in [0.3, 0.4) is 0 Å². The second-order valence-electron chi connectivity index (χ2n) is 6.13. The van der Waals surface area contributed by atoms with Crippen LogP contribution in [0.25, 0.3) is 0 Å². The van der Waals surface area contributed by atoms with Gasteiger partial charge in [0.25, 0.3) is 0 Å². The summed E-state index contributed by atoms with van der Waals surface area (Å²) in [6.45, 7) is 0.303. The van der Waals surface area contributed by atoms with Crippen LogP contribution in [0.1, 0.15) is 17.2 Å². The van der Waals surface area contributed by atoms with Crippen LogP contribution in [0.4, 0.5) is 13.2 Å². The van der Waals surface area contributed by atoms with Crippen molar-refractivity contribution in [1.82, 2.24) is 9.62 Å². The van der Waals surface area contributed by atoms with E-state index in [-0.39, 0.29) is 9.92 Å². The summed E-state index contributed by atoms with van der Waals surface area (Å²) < 4.78 is 65.8. The summed E-state index contributed by atoms with van der Waals surface area (Å²) in [5.74, 6) is 0. The van der Waals surface area contributed by atoms with E-state index in [1.54, 1.807) is 37.2 Å². The number of hydrogen-bond donors (Lipinski definition) is 1. The largest absolute Gasteiger partial charge is 0.416 e. The average molecular weight is 441 g/mol. The molecule has 0 radical (unpaired) electrons. The molecule has 1 N–H and O–H groups in total. The Labute approximate surface area is 165 Å². The zero-order valence-corrected chi connectivity index (χ0v) is 16.7. The number of benzene rings is 2. The fourth-order valence-corrected chi connectivity index (χ4v) is 3.91. The van der Waals surface area contributed by atoms with Gasteiger partial charge < -0.3 is 4.90 Å². The van der Waals surface area contributed by atoms with Crippen molar-refractivity contribution in [2.75, 3.05) is 20.6 Å². The number of hydrogen-bond acceptors (Lipinski definition) is 3. The maximum atomic E-state index is 12.7. The highest BCUT2D eigenvalue weighted by atomic mass is 35.5. The first-order valence-corrected chi connectivity index (χ1v) is 9.93. The molecule has 0 aromatic heterocycles. The van der Waals surface area contributed by atoms with Crippen LogP contribution >= 0.6 is 23.2 Å². The molecule has 0 spiro atoms. The Hall–Kier alpha value is -1.32. The second kappa shape index (κ2) is 8.36. The van der Waals surface area contributed by atoms with Gasteiger partial charge in [0.05, 0.1) is 26.5 Å². The number of alkyl halides is 3. The molecule has 2 aromatic rings. The quantitative estimate of drug-likeness (QED) is 0.714. The number of rotatable bonds is 6. The smallest absolute Gasteiger partial charge is 0.307 e. The molecule has 0 saturated heterocycles. The van der Waals surface area contributed by atoms with Crippen molar-refractivity contribution < 1.29 is 21.6 Å². The molecule has 0 amide bonds. The minimum Gasteiger partial charge on any atom is -0.307 e. The molecule has 2 aromatic carbocycles. The first-order chi connectivity index (χ1) is 12.4. The zero-order chi connectivity index (χ0) is 20.4. The van der Waals surface area contributed by atoms with Gasteiger partial charge in [-0.15, -0.1) is 0 Å². The third-order valence-electron chi connectivity index (χ3n) is 3.68. The van der Waals surface area contributed by atoms with Gasteiger partial charge in [-0.05, 0) is 56.1 Å². The molecular weight excluding hydrogens is 424 g/mol. The van der Waals surface area contributed by atoms with Crippen molar-refractivity contribution in [1.29, 1.82) is 0 Å². The number of nitrogens with one attached hydrogen (secondary N) is 1. The SMILES string of the molecule is CN(C)C[C@@H](NS(=O)(=O)c1ccc(C(F)(F)F)cc1)c1ccc(Cl)c(Cl)c1. The molecule has 0 saturated carbocycles. The van der Waals surface area contributed by atoms with Gasteiger partial charge in [0.1, 0.15) is 0 Å². The molecule has 0 heterocycles. The Balaban J connectivity index is 2.33. The van der Waals surface area contributed by atoms with E-state index < -0.39 is 27.8 Å². The molecule has 0 fully saturated rings. The lowest BCUT2D eigenvalue weighted by Crippen LogP contribution is -2.35. The normalized spacial score (nSPS) is 13.8. The van der Waals surface area contributed by atoms with E-state index in [9.17, 15) is 21.6 Å². The average Bonchev–Trinajstić information content (AvgIpc) is 2.55. The third kappa shape index (κ3) is 5.83. The standard InChI is InChI=1S/C17H17Cl2F3N2O2S/c1-24(2)10-16(11-3-8-14(18)15(19)9-11)23-27(25,26)13-6-4-12(5-7-13)17(20,21)22/h3-9,16,23H,10H2,1-2H3/t16-/m1/s1. The minimum absolute atomic E-state index is 0.265. The molecule has 0 unspecified atom stereocenters. The fourth-order valence-electron chi connectivity index (χ4n) is 2.38. The maximum absolute atomic E-state index is 12.7. The third-order valence-corrected chi connectivity index (χ3v) is 5.91. The molecule has 0 bridgehead atoms. The summed E-state index contributed by atoms with van der Waals surface area (Å²) in [6.07, 6.45) is -4.54. The molecule has 0 aliphatic heterocycles. The highest BCUT2D eigenvalue weighted by Gasteiger charge is 2.31. The Morgan fingerprint density at radius 1 is 1.04 bits per heavy atom. The molecule has 2 rings (SSSR count). The van der Waals surface area contributed by atoms with E-state index in [0.29, 0.717) is 17.1 Å². The zero-order valence-electron chi connectivity index (χ0n) is 14.4. The van der Waals surface area contributed by atoms with E-state index in [1.807, 2.05) is 0 Å². The van der Waals surface area contributed by atoms with Crippen LogP contribution in [0.2, 0.25) is 10.0 Å². The summed E-state index contributed by atoms with van der Waals surface area (Å²) in [7, 11) is -0.537. The lowest BCUT2D eigenvalue weighted by atomic mass is 10.1. The molecule has 148 valence electrons. The van der Waals surface area contributed by atoms with Crippen LogP contribution in [0, 0.1) is 0 Å². The van der Waals surface area contributed by atoms with Crippen molar-refractivity contribution >= 4 is 33.2 Å². The van der Waals surface area contributed by atoms with Crippen LogP contribution in [-0.4, -0.2) is 34.0 Å². The highest BCUT2D eigenvalue weighted by Crippen LogP contribution is 2.30. The second-order valence-corrected chi connectivity index (χ2v) is 8.66. The van der Waals surface area contributed by atoms with Crippen LogP contribution in [0.15, 0.2) is 47.4 Å². The van der Waals surface area contributed by atoms with Crippen molar-refractivity contribution in [2.45, 2.75) is 17.1 Å². The minimum atomic E-state index is -4.54. The van der Waals surface area contributed by atoms with E-state index >= 15 is 0 Å². The molecule has 0 aliphatic carbocycles. The van der Waals surface area contributed by atoms with E-state index in [4.69, 9.17) is 23.2 Å². The van der Waals surface area contributed by atoms with Crippen molar-refractivity contribution in [3.05, 3.63) is 63.6 Å². The Bertz CT molecular complexity index is 901. The lowest BCUT2D eigenvalue weighted by molar-refractivity contribution is -0.137. The first-order valence-electron chi connectivity index (χ1n) is 7.69. The summed E-state index contributed by atoms with van der Waals surface area (Å²) in [6, 6.07) is 7.37. The van der Waals surface area contributed by atoms with Gasteiger partial charge in [0.15, 0.2) is 0 Å². The van der Waals surface area contributed by atoms with Crippen LogP contribution in [0.5, 0.6) is 0 Å². The molecule has 27 heavy (non-hydrogen) atoms. The molecule has 0 aliphatic rings. The number of sulfonamides is 1. The maximum Gasteiger partial charge on any atom is 0.416 e. The number of likely N-dealkylation sites (N-methyl/N-ethyl adjacent to an activating group) is 1. The molecule has 10 heteroatoms. The predicted octanol–water partition coefficient (Wildman–Crippen LogP) is 4.59. The molecule has 4 nitrogen and oxygen atoms in total. The highest BCUT2D eigenvalue weighted by molar-refractivity contribution is 7.89. The van der Waals surface area contributed by atoms with Gasteiger partial charge >= 0.3 is 6.18 Å². The van der Waals surface area contributed by atoms with E-state index in [0.717, 1.165) is 24.3 Å². The van der Waals surface area contributed by atoms with E-state index in [1.165, 1.54) is 0 Å². The summed E-state index contributed by atoms with van der Waals surface area (Å²) in [4.78, 5) is 1.50. The van der Waals surface area contributed by atoms with Gasteiger partial charge in [-0.3, -0.25) is 0 Å². The van der Waals surface area contributed by atoms with Crippen molar-refractivity contribution in [3.8, 4) is 0 Å². The van der Waals surface area contributed by atoms with Crippen LogP contribution in [-0.2, 0) is 16.2 Å². The Kier molecular flexibility index (Phi) is 6.81. The summed E-state index contributed by atoms with van der Waals surface area (Å²) in [5.41, 5.74) is -0.343. The van der Waals surface area contributed by atoms with Crippen molar-refractivity contribution in [3.63, 3.8) is 0 Å². The van der Waals surface area contributed by atoms with Gasteiger partial charge in [-0.1, -0.05) is 29.3 Å². The van der Waals surface area contributed by atoms with Gasteiger partial charge in [0, 0.05) is 6.54 Å². The summed E-state index contributed by atoms with van der Waals surface area (Å²) in [5, 5.41) is 0.598. The fraction of sp³-hybridized carbons (Fsp3) is 0.294. The van der Waals surface area contributed by atoms with Crippen molar-refractivity contribution in [2.24, 2.45) is 0 Å². The Morgan fingerprint density at radius 3 is 2.11 bits per heavy atom. The molecule has 1 atom stereocenters. The molecular formula is C17H17Cl2F3N2O2S. The number of nitrogens with zero attached hydrogens (tertiary/aromatic N) is 1. The predicted molar refractivity (Wildman–Crippen MR) is 99.5 cm³/mol. The summed E-state index contributed by atoms with van der Waals surface area (Å²) >= 11 is 11.9. The lowest BCUT2D eigenvalue weighted by Gasteiger charge is -2.23. The topological polar surface area (TPSA) is 49.4 Å². The monoisotopic (exact) mass is 440 g/mol. The van der Waals surface area contributed by atoms with Gasteiger partial charge in [0.2, 0.25) is 10.0 Å². The van der Waals surface area contributed by atoms with Gasteiger partial charge in [-0.25, -0.2) is 13.1 Å². The first kappa shape index (κ1) is 22.0.